The van der Waals surface area contributed by atoms with E-state index in [0.29, 0.717) is 36.0 Å². The predicted molar refractivity (Wildman–Crippen MR) is 128 cm³/mol. The Balaban J connectivity index is 1.58. The molecule has 2 aliphatic rings. The van der Waals surface area contributed by atoms with E-state index in [1.807, 2.05) is 0 Å². The summed E-state index contributed by atoms with van der Waals surface area (Å²) in [6, 6.07) is 7.70. The molecule has 0 aromatic heterocycles. The first kappa shape index (κ1) is 25.0. The number of allylic oxidation sites excluding steroid dienone is 1. The van der Waals surface area contributed by atoms with Crippen LogP contribution in [0, 0.1) is 5.82 Å². The second-order valence-electron chi connectivity index (χ2n) is 8.41. The molecule has 7 nitrogen and oxygen atoms in total. The van der Waals surface area contributed by atoms with E-state index in [0.717, 1.165) is 38.5 Å². The molecule has 0 radical (unpaired) electrons. The van der Waals surface area contributed by atoms with E-state index in [1.54, 1.807) is 18.2 Å². The quantitative estimate of drug-likeness (QED) is 0.340. The molecular formula is C27H31FO7. The highest BCUT2D eigenvalue weighted by atomic mass is 19.1. The molecule has 2 saturated heterocycles. The van der Waals surface area contributed by atoms with Gasteiger partial charge in [-0.1, -0.05) is 0 Å². The monoisotopic (exact) mass is 486 g/mol. The van der Waals surface area contributed by atoms with Crippen molar-refractivity contribution in [2.45, 2.75) is 51.1 Å². The van der Waals surface area contributed by atoms with E-state index in [-0.39, 0.29) is 17.1 Å². The van der Waals surface area contributed by atoms with Gasteiger partial charge >= 0.3 is 0 Å². The molecule has 8 heteroatoms. The SMILES string of the molecule is COc1ccc(C(=O)C=Cc2cc(OC3CCCCO3)c(OC3CCCCO3)cc2F)c(OC)c1. The minimum Gasteiger partial charge on any atom is -0.497 e. The lowest BCUT2D eigenvalue weighted by atomic mass is 10.1. The summed E-state index contributed by atoms with van der Waals surface area (Å²) in [6.07, 6.45) is 7.20. The van der Waals surface area contributed by atoms with Gasteiger partial charge in [-0.2, -0.15) is 0 Å². The van der Waals surface area contributed by atoms with Crippen molar-refractivity contribution in [1.82, 2.24) is 0 Å². The summed E-state index contributed by atoms with van der Waals surface area (Å²) in [6.45, 7) is 1.21. The molecule has 2 fully saturated rings. The molecule has 35 heavy (non-hydrogen) atoms. The number of methoxy groups -OCH3 is 2. The Hall–Kier alpha value is -3.10. The van der Waals surface area contributed by atoms with Crippen molar-refractivity contribution in [2.75, 3.05) is 27.4 Å². The largest absolute Gasteiger partial charge is 0.497 e. The van der Waals surface area contributed by atoms with Crippen LogP contribution >= 0.6 is 0 Å². The maximum absolute atomic E-state index is 15.0. The lowest BCUT2D eigenvalue weighted by Crippen LogP contribution is -2.27. The predicted octanol–water partition coefficient (Wildman–Crippen LogP) is 5.55. The smallest absolute Gasteiger partial charge is 0.200 e. The Bertz CT molecular complexity index is 1040. The fraction of sp³-hybridized carbons (Fsp3) is 0.444. The van der Waals surface area contributed by atoms with Crippen LogP contribution in [0.5, 0.6) is 23.0 Å². The Morgan fingerprint density at radius 3 is 2.11 bits per heavy atom. The zero-order valence-corrected chi connectivity index (χ0v) is 20.1. The zero-order valence-electron chi connectivity index (χ0n) is 20.1. The normalized spacial score (nSPS) is 20.4. The van der Waals surface area contributed by atoms with E-state index in [4.69, 9.17) is 28.4 Å². The number of hydrogen-bond acceptors (Lipinski definition) is 7. The Kier molecular flexibility index (Phi) is 8.60. The summed E-state index contributed by atoms with van der Waals surface area (Å²) in [5, 5.41) is 0. The summed E-state index contributed by atoms with van der Waals surface area (Å²) in [5.41, 5.74) is 0.528. The number of carbonyl (C=O) groups excluding carboxylic acids is 1. The van der Waals surface area contributed by atoms with Gasteiger partial charge in [-0.25, -0.2) is 4.39 Å². The standard InChI is InChI=1S/C27H31FO7/c1-30-19-10-11-20(23(16-19)31-2)22(29)12-9-18-15-24(34-26-7-3-5-13-32-26)25(17-21(18)28)35-27-8-4-6-14-33-27/h9-12,15-17,26-27H,3-8,13-14H2,1-2H3. The van der Waals surface area contributed by atoms with Crippen LogP contribution in [-0.2, 0) is 9.47 Å². The molecule has 0 spiro atoms. The van der Waals surface area contributed by atoms with Crippen LogP contribution < -0.4 is 18.9 Å². The molecule has 4 rings (SSSR count). The molecule has 2 aromatic rings. The molecule has 2 atom stereocenters. The van der Waals surface area contributed by atoms with Gasteiger partial charge < -0.3 is 28.4 Å². The van der Waals surface area contributed by atoms with Crippen molar-refractivity contribution < 1.29 is 37.6 Å². The van der Waals surface area contributed by atoms with E-state index in [2.05, 4.69) is 0 Å². The summed E-state index contributed by atoms with van der Waals surface area (Å²) < 4.78 is 48.9. The maximum atomic E-state index is 15.0. The van der Waals surface area contributed by atoms with Crippen molar-refractivity contribution in [1.29, 1.82) is 0 Å². The average molecular weight is 487 g/mol. The Labute approximate surface area is 204 Å². The first-order valence-corrected chi connectivity index (χ1v) is 11.9. The maximum Gasteiger partial charge on any atom is 0.200 e. The van der Waals surface area contributed by atoms with Gasteiger partial charge in [0.05, 0.1) is 33.0 Å². The van der Waals surface area contributed by atoms with Crippen LogP contribution in [0.1, 0.15) is 54.4 Å². The molecule has 2 heterocycles. The third kappa shape index (κ3) is 6.52. The van der Waals surface area contributed by atoms with E-state index >= 15 is 4.39 Å². The van der Waals surface area contributed by atoms with Crippen molar-refractivity contribution >= 4 is 11.9 Å². The van der Waals surface area contributed by atoms with Crippen LogP contribution in [0.3, 0.4) is 0 Å². The minimum atomic E-state index is -0.543. The first-order chi connectivity index (χ1) is 17.1. The third-order valence-corrected chi connectivity index (χ3v) is 5.94. The highest BCUT2D eigenvalue weighted by Crippen LogP contribution is 2.35. The van der Waals surface area contributed by atoms with Crippen LogP contribution in [0.15, 0.2) is 36.4 Å². The molecule has 0 amide bonds. The number of ether oxygens (including phenoxy) is 6. The molecule has 188 valence electrons. The molecular weight excluding hydrogens is 455 g/mol. The molecule has 0 saturated carbocycles. The number of carbonyl (C=O) groups is 1. The molecule has 0 bridgehead atoms. The number of benzene rings is 2. The summed E-state index contributed by atoms with van der Waals surface area (Å²) in [4.78, 5) is 12.8. The first-order valence-electron chi connectivity index (χ1n) is 11.9. The van der Waals surface area contributed by atoms with Crippen LogP contribution in [0.4, 0.5) is 4.39 Å². The van der Waals surface area contributed by atoms with Crippen LogP contribution in [-0.4, -0.2) is 45.8 Å². The fourth-order valence-corrected chi connectivity index (χ4v) is 4.01. The van der Waals surface area contributed by atoms with Gasteiger partial charge in [0.1, 0.15) is 17.3 Å². The van der Waals surface area contributed by atoms with Crippen molar-refractivity contribution in [2.24, 2.45) is 0 Å². The highest BCUT2D eigenvalue weighted by molar-refractivity contribution is 6.08. The molecule has 0 aliphatic carbocycles. The van der Waals surface area contributed by atoms with Gasteiger partial charge in [0.2, 0.25) is 0 Å². The van der Waals surface area contributed by atoms with Crippen LogP contribution in [0.25, 0.3) is 6.08 Å². The Morgan fingerprint density at radius 1 is 0.886 bits per heavy atom. The van der Waals surface area contributed by atoms with Crippen LogP contribution in [0.2, 0.25) is 0 Å². The average Bonchev–Trinajstić information content (AvgIpc) is 2.90. The van der Waals surface area contributed by atoms with Crippen molar-refractivity contribution in [3.63, 3.8) is 0 Å². The van der Waals surface area contributed by atoms with E-state index in [9.17, 15) is 4.79 Å². The zero-order chi connectivity index (χ0) is 24.6. The van der Waals surface area contributed by atoms with Gasteiger partial charge in [0, 0.05) is 30.5 Å². The number of halogens is 1. The summed E-state index contributed by atoms with van der Waals surface area (Å²) in [5.74, 6) is 0.661. The Morgan fingerprint density at radius 2 is 1.54 bits per heavy atom. The third-order valence-electron chi connectivity index (χ3n) is 5.94. The van der Waals surface area contributed by atoms with Gasteiger partial charge in [-0.3, -0.25) is 4.79 Å². The number of ketones is 1. The molecule has 2 aromatic carbocycles. The molecule has 0 N–H and O–H groups in total. The second-order valence-corrected chi connectivity index (χ2v) is 8.41. The van der Waals surface area contributed by atoms with E-state index in [1.165, 1.54) is 38.5 Å². The summed E-state index contributed by atoms with van der Waals surface area (Å²) in [7, 11) is 3.01. The van der Waals surface area contributed by atoms with E-state index < -0.39 is 18.4 Å². The number of rotatable bonds is 9. The van der Waals surface area contributed by atoms with Gasteiger partial charge in [-0.05, 0) is 56.0 Å². The lowest BCUT2D eigenvalue weighted by Gasteiger charge is -2.27. The van der Waals surface area contributed by atoms with Crippen molar-refractivity contribution in [3.05, 3.63) is 53.4 Å². The topological polar surface area (TPSA) is 72.5 Å². The lowest BCUT2D eigenvalue weighted by molar-refractivity contribution is -0.119. The minimum absolute atomic E-state index is 0.188. The fourth-order valence-electron chi connectivity index (χ4n) is 4.01. The molecule has 2 aliphatic heterocycles. The van der Waals surface area contributed by atoms with Gasteiger partial charge in [0.15, 0.2) is 29.9 Å². The highest BCUT2D eigenvalue weighted by Gasteiger charge is 2.23. The second kappa shape index (κ2) is 12.0. The van der Waals surface area contributed by atoms with Gasteiger partial charge in [-0.15, -0.1) is 0 Å². The number of hydrogen-bond donors (Lipinski definition) is 0. The summed E-state index contributed by atoms with van der Waals surface area (Å²) >= 11 is 0. The van der Waals surface area contributed by atoms with Gasteiger partial charge in [0.25, 0.3) is 0 Å². The van der Waals surface area contributed by atoms with Crippen molar-refractivity contribution in [3.8, 4) is 23.0 Å². The molecule has 2 unspecified atom stereocenters.